The third-order valence-electron chi connectivity index (χ3n) is 6.23. The first kappa shape index (κ1) is 18.1. The van der Waals surface area contributed by atoms with Crippen LogP contribution >= 0.6 is 0 Å². The number of hydrogen-bond acceptors (Lipinski definition) is 5. The molecule has 0 aromatic heterocycles. The lowest BCUT2D eigenvalue weighted by molar-refractivity contribution is -0.141. The van der Waals surface area contributed by atoms with Crippen LogP contribution in [0.2, 0.25) is 0 Å². The summed E-state index contributed by atoms with van der Waals surface area (Å²) in [5.74, 6) is 1.04. The summed E-state index contributed by atoms with van der Waals surface area (Å²) < 4.78 is 23.3. The molecule has 0 bridgehead atoms. The fourth-order valence-corrected chi connectivity index (χ4v) is 6.02. The fourth-order valence-electron chi connectivity index (χ4n) is 4.26. The minimum Gasteiger partial charge on any atom is -0.339 e. The van der Waals surface area contributed by atoms with Crippen LogP contribution in [0.15, 0.2) is 0 Å². The van der Waals surface area contributed by atoms with Gasteiger partial charge in [-0.1, -0.05) is 0 Å². The summed E-state index contributed by atoms with van der Waals surface area (Å²) in [6.07, 6.45) is 2.48. The van der Waals surface area contributed by atoms with Crippen LogP contribution in [-0.2, 0) is 14.6 Å². The lowest BCUT2D eigenvalue weighted by Gasteiger charge is -2.46. The minimum absolute atomic E-state index is 0.0345. The Kier molecular flexibility index (Phi) is 4.97. The number of likely N-dealkylation sites (N-methyl/N-ethyl adjacent to an activating group) is 1. The van der Waals surface area contributed by atoms with Crippen LogP contribution in [0.4, 0.5) is 0 Å². The van der Waals surface area contributed by atoms with Crippen molar-refractivity contribution in [2.24, 2.45) is 5.92 Å². The Labute approximate surface area is 146 Å². The van der Waals surface area contributed by atoms with Crippen molar-refractivity contribution in [3.8, 4) is 0 Å². The van der Waals surface area contributed by atoms with E-state index in [0.29, 0.717) is 17.4 Å². The molecule has 1 unspecified atom stereocenters. The quantitative estimate of drug-likeness (QED) is 0.718. The molecule has 3 fully saturated rings. The fraction of sp³-hybridized carbons (Fsp3) is 0.941. The van der Waals surface area contributed by atoms with Crippen LogP contribution in [0.1, 0.15) is 33.1 Å². The van der Waals surface area contributed by atoms with E-state index in [9.17, 15) is 13.2 Å². The highest BCUT2D eigenvalue weighted by Crippen LogP contribution is 2.27. The van der Waals surface area contributed by atoms with Gasteiger partial charge in [-0.25, -0.2) is 8.42 Å². The molecule has 3 heterocycles. The molecule has 6 nitrogen and oxygen atoms in total. The molecule has 0 aromatic rings. The molecule has 3 saturated heterocycles. The maximum absolute atomic E-state index is 12.9. The second kappa shape index (κ2) is 6.57. The summed E-state index contributed by atoms with van der Waals surface area (Å²) in [5, 5.41) is 0. The topological polar surface area (TPSA) is 60.9 Å². The first-order valence-corrected chi connectivity index (χ1v) is 10.9. The molecule has 0 aliphatic carbocycles. The molecule has 0 spiro atoms. The second-order valence-electron chi connectivity index (χ2n) is 8.36. The zero-order valence-corrected chi connectivity index (χ0v) is 16.0. The van der Waals surface area contributed by atoms with E-state index in [4.69, 9.17) is 0 Å². The lowest BCUT2D eigenvalue weighted by atomic mass is 9.92. The number of carbonyl (C=O) groups is 1. The number of hydrogen-bond donors (Lipinski definition) is 0. The second-order valence-corrected chi connectivity index (χ2v) is 10.6. The molecular formula is C17H31N3O3S. The zero-order valence-electron chi connectivity index (χ0n) is 15.2. The van der Waals surface area contributed by atoms with Crippen molar-refractivity contribution in [1.29, 1.82) is 0 Å². The maximum atomic E-state index is 12.9. The highest BCUT2D eigenvalue weighted by Gasteiger charge is 2.38. The van der Waals surface area contributed by atoms with Gasteiger partial charge in [0.2, 0.25) is 5.91 Å². The maximum Gasteiger partial charge on any atom is 0.225 e. The Morgan fingerprint density at radius 1 is 1.04 bits per heavy atom. The highest BCUT2D eigenvalue weighted by atomic mass is 32.2. The van der Waals surface area contributed by atoms with Crippen LogP contribution in [0, 0.1) is 5.92 Å². The van der Waals surface area contributed by atoms with Crippen molar-refractivity contribution in [2.45, 2.75) is 44.7 Å². The van der Waals surface area contributed by atoms with Crippen LogP contribution in [0.5, 0.6) is 0 Å². The molecule has 0 N–H and O–H groups in total. The van der Waals surface area contributed by atoms with Gasteiger partial charge in [0, 0.05) is 37.1 Å². The monoisotopic (exact) mass is 357 g/mol. The van der Waals surface area contributed by atoms with Gasteiger partial charge in [-0.2, -0.15) is 0 Å². The van der Waals surface area contributed by atoms with Gasteiger partial charge in [-0.05, 0) is 53.2 Å². The van der Waals surface area contributed by atoms with E-state index < -0.39 is 9.84 Å². The van der Waals surface area contributed by atoms with Crippen LogP contribution in [-0.4, -0.2) is 91.9 Å². The third-order valence-corrected chi connectivity index (χ3v) is 7.98. The van der Waals surface area contributed by atoms with Crippen molar-refractivity contribution in [1.82, 2.24) is 14.7 Å². The Balaban J connectivity index is 1.52. The van der Waals surface area contributed by atoms with E-state index >= 15 is 0 Å². The van der Waals surface area contributed by atoms with Crippen LogP contribution < -0.4 is 0 Å². The number of rotatable bonds is 2. The number of sulfone groups is 1. The van der Waals surface area contributed by atoms with Crippen molar-refractivity contribution in [3.63, 3.8) is 0 Å². The minimum atomic E-state index is -2.83. The molecule has 3 aliphatic rings. The molecule has 24 heavy (non-hydrogen) atoms. The van der Waals surface area contributed by atoms with E-state index in [1.807, 2.05) is 4.90 Å². The first-order valence-electron chi connectivity index (χ1n) is 9.12. The summed E-state index contributed by atoms with van der Waals surface area (Å²) >= 11 is 0. The van der Waals surface area contributed by atoms with Crippen LogP contribution in [0.25, 0.3) is 0 Å². The number of nitrogens with zero attached hydrogens (tertiary/aromatic N) is 3. The summed E-state index contributed by atoms with van der Waals surface area (Å²) in [7, 11) is -0.710. The molecular weight excluding hydrogens is 326 g/mol. The lowest BCUT2D eigenvalue weighted by Crippen LogP contribution is -2.60. The van der Waals surface area contributed by atoms with Crippen LogP contribution in [0.3, 0.4) is 0 Å². The highest BCUT2D eigenvalue weighted by molar-refractivity contribution is 7.91. The number of piperidine rings is 1. The number of carbonyl (C=O) groups excluding carboxylic acids is 1. The summed E-state index contributed by atoms with van der Waals surface area (Å²) in [6.45, 7) is 8.63. The molecule has 138 valence electrons. The van der Waals surface area contributed by atoms with E-state index in [1.165, 1.54) is 0 Å². The zero-order chi connectivity index (χ0) is 17.5. The Bertz CT molecular complexity index is 582. The molecule has 1 atom stereocenters. The number of piperazine rings is 1. The molecule has 3 aliphatic heterocycles. The van der Waals surface area contributed by atoms with Crippen molar-refractivity contribution < 1.29 is 13.2 Å². The van der Waals surface area contributed by atoms with Crippen molar-refractivity contribution in [2.75, 3.05) is 51.3 Å². The van der Waals surface area contributed by atoms with Gasteiger partial charge in [0.1, 0.15) is 0 Å². The van der Waals surface area contributed by atoms with Gasteiger partial charge >= 0.3 is 0 Å². The predicted octanol–water partition coefficient (Wildman–Crippen LogP) is 0.438. The molecule has 3 rings (SSSR count). The van der Waals surface area contributed by atoms with E-state index in [2.05, 4.69) is 30.7 Å². The normalized spacial score (nSPS) is 32.1. The summed E-state index contributed by atoms with van der Waals surface area (Å²) in [4.78, 5) is 19.5. The first-order chi connectivity index (χ1) is 11.2. The van der Waals surface area contributed by atoms with Gasteiger partial charge in [0.05, 0.1) is 11.5 Å². The van der Waals surface area contributed by atoms with Crippen molar-refractivity contribution in [3.05, 3.63) is 0 Å². The molecule has 0 radical (unpaired) electrons. The number of amides is 1. The van der Waals surface area contributed by atoms with Gasteiger partial charge in [0.25, 0.3) is 0 Å². The molecule has 1 amide bonds. The Morgan fingerprint density at radius 2 is 1.71 bits per heavy atom. The van der Waals surface area contributed by atoms with Gasteiger partial charge in [-0.3, -0.25) is 14.6 Å². The predicted molar refractivity (Wildman–Crippen MR) is 94.6 cm³/mol. The molecule has 0 aromatic carbocycles. The van der Waals surface area contributed by atoms with Gasteiger partial charge < -0.3 is 4.90 Å². The standard InChI is InChI=1S/C17H31N3O3S/c1-17(2)13-20(10-9-18(17)3)16(21)14-4-7-19(8-5-14)15-6-11-24(22,23)12-15/h14-15H,4-13H2,1-3H3. The largest absolute Gasteiger partial charge is 0.339 e. The average molecular weight is 358 g/mol. The Morgan fingerprint density at radius 3 is 2.25 bits per heavy atom. The SMILES string of the molecule is CN1CCN(C(=O)C2CCN(C3CCS(=O)(=O)C3)CC2)CC1(C)C. The van der Waals surface area contributed by atoms with E-state index in [1.54, 1.807) is 0 Å². The molecule has 0 saturated carbocycles. The number of likely N-dealkylation sites (tertiary alicyclic amines) is 1. The summed E-state index contributed by atoms with van der Waals surface area (Å²) in [5.41, 5.74) is 0.0345. The average Bonchev–Trinajstić information content (AvgIpc) is 2.89. The molecule has 7 heteroatoms. The summed E-state index contributed by atoms with van der Waals surface area (Å²) in [6, 6.07) is 0.175. The van der Waals surface area contributed by atoms with Gasteiger partial charge in [-0.15, -0.1) is 0 Å². The Hall–Kier alpha value is -0.660. The van der Waals surface area contributed by atoms with E-state index in [-0.39, 0.29) is 17.5 Å². The smallest absolute Gasteiger partial charge is 0.225 e. The van der Waals surface area contributed by atoms with Crippen molar-refractivity contribution >= 4 is 15.7 Å². The van der Waals surface area contributed by atoms with Gasteiger partial charge in [0.15, 0.2) is 9.84 Å². The third kappa shape index (κ3) is 3.78. The van der Waals surface area contributed by atoms with E-state index in [0.717, 1.165) is 52.0 Å².